The zero-order chi connectivity index (χ0) is 14.7. The zero-order valence-electron chi connectivity index (χ0n) is 10.7. The molecule has 1 nitrogen and oxygen atoms in total. The maximum absolute atomic E-state index is 6.60. The number of alkyl halides is 1. The molecule has 0 spiro atoms. The van der Waals surface area contributed by atoms with Crippen molar-refractivity contribution in [1.82, 2.24) is 0 Å². The van der Waals surface area contributed by atoms with Gasteiger partial charge in [0.1, 0.15) is 5.75 Å². The van der Waals surface area contributed by atoms with Crippen LogP contribution in [0.3, 0.4) is 0 Å². The Morgan fingerprint density at radius 3 is 2.25 bits per heavy atom. The smallest absolute Gasteiger partial charge is 0.120 e. The Balaban J connectivity index is 2.35. The van der Waals surface area contributed by atoms with E-state index >= 15 is 0 Å². The molecular formula is C15H12Br3ClO. The fraction of sp³-hybridized carbons (Fsp3) is 0.200. The SMILES string of the molecule is CCOc1ccc(C(Cl)c2cc(Br)cc(Br)c2)c(Br)c1. The summed E-state index contributed by atoms with van der Waals surface area (Å²) in [5, 5.41) is -0.228. The molecule has 0 fully saturated rings. The van der Waals surface area contributed by atoms with Gasteiger partial charge in [-0.15, -0.1) is 11.6 Å². The minimum atomic E-state index is -0.228. The van der Waals surface area contributed by atoms with Crippen molar-refractivity contribution in [1.29, 1.82) is 0 Å². The predicted octanol–water partition coefficient (Wildman–Crippen LogP) is 6.70. The van der Waals surface area contributed by atoms with Crippen LogP contribution >= 0.6 is 59.4 Å². The van der Waals surface area contributed by atoms with Gasteiger partial charge in [0.15, 0.2) is 0 Å². The maximum Gasteiger partial charge on any atom is 0.120 e. The normalized spacial score (nSPS) is 12.2. The summed E-state index contributed by atoms with van der Waals surface area (Å²) in [6.07, 6.45) is 0. The third-order valence-corrected chi connectivity index (χ3v) is 4.82. The summed E-state index contributed by atoms with van der Waals surface area (Å²) >= 11 is 17.1. The lowest BCUT2D eigenvalue weighted by molar-refractivity contribution is 0.340. The van der Waals surface area contributed by atoms with E-state index < -0.39 is 0 Å². The highest BCUT2D eigenvalue weighted by Gasteiger charge is 2.15. The lowest BCUT2D eigenvalue weighted by Crippen LogP contribution is -1.97. The van der Waals surface area contributed by atoms with E-state index in [1.54, 1.807) is 0 Å². The van der Waals surface area contributed by atoms with Crippen molar-refractivity contribution in [3.63, 3.8) is 0 Å². The van der Waals surface area contributed by atoms with Crippen molar-refractivity contribution in [2.75, 3.05) is 6.61 Å². The highest BCUT2D eigenvalue weighted by Crippen LogP contribution is 2.37. The first-order valence-corrected chi connectivity index (χ1v) is 8.85. The molecule has 2 rings (SSSR count). The summed E-state index contributed by atoms with van der Waals surface area (Å²) < 4.78 is 8.41. The molecule has 2 aromatic rings. The lowest BCUT2D eigenvalue weighted by Gasteiger charge is -2.14. The minimum absolute atomic E-state index is 0.228. The molecule has 106 valence electrons. The average molecular weight is 483 g/mol. The number of benzene rings is 2. The molecule has 0 bridgehead atoms. The maximum atomic E-state index is 6.60. The van der Waals surface area contributed by atoms with Crippen LogP contribution in [0.15, 0.2) is 49.8 Å². The van der Waals surface area contributed by atoms with E-state index in [0.717, 1.165) is 30.3 Å². The Bertz CT molecular complexity index is 596. The van der Waals surface area contributed by atoms with Crippen LogP contribution < -0.4 is 4.74 Å². The van der Waals surface area contributed by atoms with Gasteiger partial charge in [0.2, 0.25) is 0 Å². The molecule has 1 atom stereocenters. The second-order valence-corrected chi connectivity index (χ2v) is 7.30. The van der Waals surface area contributed by atoms with Gasteiger partial charge in [0.05, 0.1) is 12.0 Å². The third-order valence-electron chi connectivity index (χ3n) is 2.73. The second-order valence-electron chi connectivity index (χ2n) is 4.18. The van der Waals surface area contributed by atoms with Crippen LogP contribution in [-0.2, 0) is 0 Å². The first-order chi connectivity index (χ1) is 9.51. The van der Waals surface area contributed by atoms with Crippen molar-refractivity contribution < 1.29 is 4.74 Å². The molecule has 0 saturated carbocycles. The number of ether oxygens (including phenoxy) is 1. The Morgan fingerprint density at radius 2 is 1.70 bits per heavy atom. The molecule has 2 aromatic carbocycles. The molecule has 5 heteroatoms. The molecule has 0 amide bonds. The molecule has 0 aliphatic rings. The van der Waals surface area contributed by atoms with Gasteiger partial charge < -0.3 is 4.74 Å². The molecule has 0 N–H and O–H groups in total. The molecule has 1 unspecified atom stereocenters. The van der Waals surface area contributed by atoms with Crippen LogP contribution in [0.5, 0.6) is 5.75 Å². The summed E-state index contributed by atoms with van der Waals surface area (Å²) in [6.45, 7) is 2.61. The first-order valence-electron chi connectivity index (χ1n) is 6.03. The largest absolute Gasteiger partial charge is 0.494 e. The van der Waals surface area contributed by atoms with Crippen molar-refractivity contribution in [2.24, 2.45) is 0 Å². The standard InChI is InChI=1S/C15H12Br3ClO/c1-2-20-12-3-4-13(14(18)8-12)15(19)9-5-10(16)7-11(17)6-9/h3-8,15H,2H2,1H3. The van der Waals surface area contributed by atoms with Gasteiger partial charge in [-0.25, -0.2) is 0 Å². The monoisotopic (exact) mass is 480 g/mol. The summed E-state index contributed by atoms with van der Waals surface area (Å²) in [4.78, 5) is 0. The van der Waals surface area contributed by atoms with Gasteiger partial charge in [0, 0.05) is 13.4 Å². The van der Waals surface area contributed by atoms with Gasteiger partial charge >= 0.3 is 0 Å². The fourth-order valence-corrected chi connectivity index (χ4v) is 4.23. The van der Waals surface area contributed by atoms with Gasteiger partial charge in [-0.05, 0) is 48.4 Å². The Kier molecular flexibility index (Phi) is 5.96. The summed E-state index contributed by atoms with van der Waals surface area (Å²) in [6, 6.07) is 11.9. The third kappa shape index (κ3) is 4.00. The van der Waals surface area contributed by atoms with E-state index in [1.807, 2.05) is 43.3 Å². The van der Waals surface area contributed by atoms with Crippen LogP contribution in [0.2, 0.25) is 0 Å². The molecular weight excluding hydrogens is 471 g/mol. The van der Waals surface area contributed by atoms with E-state index in [2.05, 4.69) is 47.8 Å². The molecule has 0 aromatic heterocycles. The molecule has 0 saturated heterocycles. The predicted molar refractivity (Wildman–Crippen MR) is 94.8 cm³/mol. The van der Waals surface area contributed by atoms with Crippen LogP contribution in [0.4, 0.5) is 0 Å². The first kappa shape index (κ1) is 16.3. The molecule has 0 heterocycles. The van der Waals surface area contributed by atoms with Crippen molar-refractivity contribution in [2.45, 2.75) is 12.3 Å². The highest BCUT2D eigenvalue weighted by atomic mass is 79.9. The summed E-state index contributed by atoms with van der Waals surface area (Å²) in [5.41, 5.74) is 2.04. The van der Waals surface area contributed by atoms with E-state index in [-0.39, 0.29) is 5.38 Å². The topological polar surface area (TPSA) is 9.23 Å². The lowest BCUT2D eigenvalue weighted by atomic mass is 10.0. The van der Waals surface area contributed by atoms with Crippen LogP contribution in [0.1, 0.15) is 23.4 Å². The van der Waals surface area contributed by atoms with E-state index in [9.17, 15) is 0 Å². The Hall–Kier alpha value is -0.0300. The van der Waals surface area contributed by atoms with Crippen molar-refractivity contribution in [3.05, 3.63) is 60.9 Å². The highest BCUT2D eigenvalue weighted by molar-refractivity contribution is 9.11. The van der Waals surface area contributed by atoms with E-state index in [0.29, 0.717) is 6.61 Å². The van der Waals surface area contributed by atoms with E-state index in [1.165, 1.54) is 0 Å². The molecule has 0 aliphatic carbocycles. The summed E-state index contributed by atoms with van der Waals surface area (Å²) in [7, 11) is 0. The van der Waals surface area contributed by atoms with Gasteiger partial charge in [-0.1, -0.05) is 53.9 Å². The number of hydrogen-bond acceptors (Lipinski definition) is 1. The van der Waals surface area contributed by atoms with E-state index in [4.69, 9.17) is 16.3 Å². The average Bonchev–Trinajstić information content (AvgIpc) is 2.37. The molecule has 0 aliphatic heterocycles. The number of halogens is 4. The van der Waals surface area contributed by atoms with Crippen molar-refractivity contribution in [3.8, 4) is 5.75 Å². The second kappa shape index (κ2) is 7.30. The summed E-state index contributed by atoms with van der Waals surface area (Å²) in [5.74, 6) is 0.836. The van der Waals surface area contributed by atoms with Gasteiger partial charge in [-0.2, -0.15) is 0 Å². The number of rotatable bonds is 4. The van der Waals surface area contributed by atoms with Crippen LogP contribution in [0.25, 0.3) is 0 Å². The Labute approximate surface area is 149 Å². The van der Waals surface area contributed by atoms with Crippen LogP contribution in [0, 0.1) is 0 Å². The van der Waals surface area contributed by atoms with Gasteiger partial charge in [0.25, 0.3) is 0 Å². The number of hydrogen-bond donors (Lipinski definition) is 0. The molecule has 0 radical (unpaired) electrons. The minimum Gasteiger partial charge on any atom is -0.494 e. The van der Waals surface area contributed by atoms with Gasteiger partial charge in [-0.3, -0.25) is 0 Å². The quantitative estimate of drug-likeness (QED) is 0.440. The zero-order valence-corrected chi connectivity index (χ0v) is 16.2. The van der Waals surface area contributed by atoms with Crippen molar-refractivity contribution >= 4 is 59.4 Å². The fourth-order valence-electron chi connectivity index (χ4n) is 1.87. The molecule has 20 heavy (non-hydrogen) atoms. The Morgan fingerprint density at radius 1 is 1.05 bits per heavy atom. The van der Waals surface area contributed by atoms with Crippen LogP contribution in [-0.4, -0.2) is 6.61 Å².